The third kappa shape index (κ3) is 3.05. The molecule has 4 heteroatoms. The van der Waals surface area contributed by atoms with Gasteiger partial charge in [0.25, 0.3) is 0 Å². The van der Waals surface area contributed by atoms with Gasteiger partial charge in [-0.15, -0.1) is 0 Å². The molecule has 0 atom stereocenters. The van der Waals surface area contributed by atoms with Crippen molar-refractivity contribution in [1.29, 1.82) is 0 Å². The minimum absolute atomic E-state index is 0.0734. The monoisotopic (exact) mass is 235 g/mol. The Balaban J connectivity index is 2.20. The summed E-state index contributed by atoms with van der Waals surface area (Å²) in [5, 5.41) is 2.80. The first-order valence-electron chi connectivity index (χ1n) is 5.78. The van der Waals surface area contributed by atoms with Crippen LogP contribution in [0.25, 0.3) is 0 Å². The maximum Gasteiger partial charge on any atom is 0.221 e. The molecule has 0 unspecified atom stereocenters. The molecule has 1 aliphatic rings. The molecule has 1 amide bonds. The SMILES string of the molecule is CC(=O)Nc1cc(C2OCCCO2)ccc1C. The van der Waals surface area contributed by atoms with Gasteiger partial charge in [-0.25, -0.2) is 0 Å². The molecule has 0 aromatic heterocycles. The van der Waals surface area contributed by atoms with E-state index in [2.05, 4.69) is 5.32 Å². The van der Waals surface area contributed by atoms with Crippen molar-refractivity contribution in [2.75, 3.05) is 18.5 Å². The van der Waals surface area contributed by atoms with Gasteiger partial charge in [0, 0.05) is 18.2 Å². The molecule has 2 rings (SSSR count). The van der Waals surface area contributed by atoms with Crippen molar-refractivity contribution >= 4 is 11.6 Å². The fourth-order valence-electron chi connectivity index (χ4n) is 1.79. The minimum atomic E-state index is -0.308. The number of carbonyl (C=O) groups is 1. The maximum absolute atomic E-state index is 11.1. The zero-order valence-electron chi connectivity index (χ0n) is 10.2. The Morgan fingerprint density at radius 2 is 2.06 bits per heavy atom. The van der Waals surface area contributed by atoms with Crippen LogP contribution in [0.5, 0.6) is 0 Å². The highest BCUT2D eigenvalue weighted by Gasteiger charge is 2.17. The van der Waals surface area contributed by atoms with Gasteiger partial charge in [-0.1, -0.05) is 12.1 Å². The lowest BCUT2D eigenvalue weighted by Gasteiger charge is -2.24. The summed E-state index contributed by atoms with van der Waals surface area (Å²) in [4.78, 5) is 11.1. The number of hydrogen-bond acceptors (Lipinski definition) is 3. The van der Waals surface area contributed by atoms with Gasteiger partial charge in [0.1, 0.15) is 0 Å². The van der Waals surface area contributed by atoms with Gasteiger partial charge in [-0.2, -0.15) is 0 Å². The Hall–Kier alpha value is -1.39. The summed E-state index contributed by atoms with van der Waals surface area (Å²) in [6, 6.07) is 5.84. The van der Waals surface area contributed by atoms with Crippen LogP contribution in [0.2, 0.25) is 0 Å². The molecule has 0 saturated carbocycles. The predicted molar refractivity (Wildman–Crippen MR) is 64.7 cm³/mol. The number of ether oxygens (including phenoxy) is 2. The third-order valence-electron chi connectivity index (χ3n) is 2.67. The average Bonchev–Trinajstić information content (AvgIpc) is 2.32. The standard InChI is InChI=1S/C13H17NO3/c1-9-4-5-11(8-12(9)14-10(2)15)13-16-6-3-7-17-13/h4-5,8,13H,3,6-7H2,1-2H3,(H,14,15). The second-order valence-corrected chi connectivity index (χ2v) is 4.18. The first-order chi connectivity index (χ1) is 8.16. The topological polar surface area (TPSA) is 47.6 Å². The van der Waals surface area contributed by atoms with Crippen LogP contribution >= 0.6 is 0 Å². The fourth-order valence-corrected chi connectivity index (χ4v) is 1.79. The Labute approximate surface area is 101 Å². The van der Waals surface area contributed by atoms with E-state index in [0.717, 1.165) is 23.2 Å². The normalized spacial score (nSPS) is 16.8. The summed E-state index contributed by atoms with van der Waals surface area (Å²) >= 11 is 0. The van der Waals surface area contributed by atoms with Crippen LogP contribution in [0.1, 0.15) is 30.8 Å². The van der Waals surface area contributed by atoms with E-state index in [1.54, 1.807) is 0 Å². The molecule has 17 heavy (non-hydrogen) atoms. The zero-order valence-corrected chi connectivity index (χ0v) is 10.2. The Kier molecular flexibility index (Phi) is 3.76. The van der Waals surface area contributed by atoms with E-state index in [1.165, 1.54) is 6.92 Å². The number of amides is 1. The first-order valence-corrected chi connectivity index (χ1v) is 5.78. The van der Waals surface area contributed by atoms with Crippen molar-refractivity contribution in [2.45, 2.75) is 26.6 Å². The van der Waals surface area contributed by atoms with Crippen molar-refractivity contribution in [1.82, 2.24) is 0 Å². The van der Waals surface area contributed by atoms with Gasteiger partial charge in [0.15, 0.2) is 6.29 Å². The summed E-state index contributed by atoms with van der Waals surface area (Å²) in [6.07, 6.45) is 0.623. The van der Waals surface area contributed by atoms with Crippen molar-refractivity contribution in [3.63, 3.8) is 0 Å². The van der Waals surface area contributed by atoms with Gasteiger partial charge in [0.05, 0.1) is 13.2 Å². The zero-order chi connectivity index (χ0) is 12.3. The number of carbonyl (C=O) groups excluding carboxylic acids is 1. The highest BCUT2D eigenvalue weighted by Crippen LogP contribution is 2.26. The van der Waals surface area contributed by atoms with Crippen LogP contribution < -0.4 is 5.32 Å². The lowest BCUT2D eigenvalue weighted by atomic mass is 10.1. The molecular formula is C13H17NO3. The van der Waals surface area contributed by atoms with Crippen LogP contribution in [0, 0.1) is 6.92 Å². The molecule has 1 aromatic carbocycles. The third-order valence-corrected chi connectivity index (χ3v) is 2.67. The number of rotatable bonds is 2. The Bertz CT molecular complexity index is 411. The average molecular weight is 235 g/mol. The molecule has 0 spiro atoms. The summed E-state index contributed by atoms with van der Waals surface area (Å²) in [6.45, 7) is 4.89. The van der Waals surface area contributed by atoms with Gasteiger partial charge < -0.3 is 14.8 Å². The molecular weight excluding hydrogens is 218 g/mol. The quantitative estimate of drug-likeness (QED) is 0.856. The van der Waals surface area contributed by atoms with Crippen molar-refractivity contribution < 1.29 is 14.3 Å². The number of benzene rings is 1. The van der Waals surface area contributed by atoms with Crippen LogP contribution in [0.3, 0.4) is 0 Å². The molecule has 1 aromatic rings. The van der Waals surface area contributed by atoms with E-state index in [9.17, 15) is 4.79 Å². The molecule has 1 aliphatic heterocycles. The largest absolute Gasteiger partial charge is 0.348 e. The molecule has 1 N–H and O–H groups in total. The first kappa shape index (κ1) is 12.1. The molecule has 0 bridgehead atoms. The number of anilines is 1. The summed E-state index contributed by atoms with van der Waals surface area (Å²) < 4.78 is 11.1. The molecule has 0 aliphatic carbocycles. The molecule has 1 fully saturated rings. The van der Waals surface area contributed by atoms with Gasteiger partial charge in [-0.3, -0.25) is 4.79 Å². The van der Waals surface area contributed by atoms with Crippen molar-refractivity contribution in [3.05, 3.63) is 29.3 Å². The summed E-state index contributed by atoms with van der Waals surface area (Å²) in [5.74, 6) is -0.0734. The van der Waals surface area contributed by atoms with Gasteiger partial charge in [0.2, 0.25) is 5.91 Å². The van der Waals surface area contributed by atoms with E-state index >= 15 is 0 Å². The second kappa shape index (κ2) is 5.29. The maximum atomic E-state index is 11.1. The van der Waals surface area contributed by atoms with E-state index < -0.39 is 0 Å². The smallest absolute Gasteiger partial charge is 0.221 e. The lowest BCUT2D eigenvalue weighted by molar-refractivity contribution is -0.183. The Morgan fingerprint density at radius 1 is 1.35 bits per heavy atom. The second-order valence-electron chi connectivity index (χ2n) is 4.18. The van der Waals surface area contributed by atoms with Gasteiger partial charge in [-0.05, 0) is 25.0 Å². The highest BCUT2D eigenvalue weighted by molar-refractivity contribution is 5.89. The number of hydrogen-bond donors (Lipinski definition) is 1. The summed E-state index contributed by atoms with van der Waals surface area (Å²) in [5.41, 5.74) is 2.78. The van der Waals surface area contributed by atoms with Crippen LogP contribution in [0.15, 0.2) is 18.2 Å². The lowest BCUT2D eigenvalue weighted by Crippen LogP contribution is -2.18. The predicted octanol–water partition coefficient (Wildman–Crippen LogP) is 2.39. The Morgan fingerprint density at radius 3 is 2.71 bits per heavy atom. The van der Waals surface area contributed by atoms with Crippen LogP contribution in [-0.4, -0.2) is 19.1 Å². The van der Waals surface area contributed by atoms with Gasteiger partial charge >= 0.3 is 0 Å². The highest BCUT2D eigenvalue weighted by atomic mass is 16.7. The van der Waals surface area contributed by atoms with E-state index in [0.29, 0.717) is 13.2 Å². The molecule has 1 saturated heterocycles. The minimum Gasteiger partial charge on any atom is -0.348 e. The van der Waals surface area contributed by atoms with E-state index in [4.69, 9.17) is 9.47 Å². The molecule has 4 nitrogen and oxygen atoms in total. The van der Waals surface area contributed by atoms with Crippen LogP contribution in [-0.2, 0) is 14.3 Å². The van der Waals surface area contributed by atoms with Crippen molar-refractivity contribution in [3.8, 4) is 0 Å². The fraction of sp³-hybridized carbons (Fsp3) is 0.462. The van der Waals surface area contributed by atoms with E-state index in [-0.39, 0.29) is 12.2 Å². The summed E-state index contributed by atoms with van der Waals surface area (Å²) in [7, 11) is 0. The number of nitrogens with one attached hydrogen (secondary N) is 1. The number of aryl methyl sites for hydroxylation is 1. The van der Waals surface area contributed by atoms with Crippen LogP contribution in [0.4, 0.5) is 5.69 Å². The molecule has 0 radical (unpaired) electrons. The van der Waals surface area contributed by atoms with Crippen molar-refractivity contribution in [2.24, 2.45) is 0 Å². The molecule has 92 valence electrons. The molecule has 1 heterocycles. The van der Waals surface area contributed by atoms with E-state index in [1.807, 2.05) is 25.1 Å².